The van der Waals surface area contributed by atoms with Crippen LogP contribution in [0, 0.1) is 17.1 Å². The van der Waals surface area contributed by atoms with Gasteiger partial charge in [-0.25, -0.2) is 9.18 Å². The van der Waals surface area contributed by atoms with Crippen molar-refractivity contribution in [3.8, 4) is 12.0 Å². The number of fused-ring (bicyclic) bond motifs is 1. The molecule has 10 nitrogen and oxygen atoms in total. The summed E-state index contributed by atoms with van der Waals surface area (Å²) in [5.41, 5.74) is 14.2. The summed E-state index contributed by atoms with van der Waals surface area (Å²) in [6.07, 6.45) is -0.510. The highest BCUT2D eigenvalue weighted by molar-refractivity contribution is 5.94. The van der Waals surface area contributed by atoms with Gasteiger partial charge >= 0.3 is 6.09 Å². The highest BCUT2D eigenvalue weighted by Crippen LogP contribution is 2.30. The van der Waals surface area contributed by atoms with E-state index in [-0.39, 0.29) is 35.5 Å². The van der Waals surface area contributed by atoms with E-state index in [1.165, 1.54) is 24.9 Å². The molecule has 0 unspecified atom stereocenters. The molecular formula is C22H19FN8O2. The van der Waals surface area contributed by atoms with Gasteiger partial charge in [-0.15, -0.1) is 0 Å². The number of anilines is 3. The van der Waals surface area contributed by atoms with Crippen molar-refractivity contribution >= 4 is 34.3 Å². The molecule has 166 valence electrons. The molecule has 4 aromatic rings. The second kappa shape index (κ2) is 8.43. The first kappa shape index (κ1) is 21.5. The Morgan fingerprint density at radius 2 is 1.91 bits per heavy atom. The summed E-state index contributed by atoms with van der Waals surface area (Å²) in [5, 5.41) is 14.5. The summed E-state index contributed by atoms with van der Waals surface area (Å²) < 4.78 is 20.4. The van der Waals surface area contributed by atoms with Crippen molar-refractivity contribution in [1.29, 1.82) is 5.26 Å². The minimum Gasteiger partial charge on any atom is -0.452 e. The molecule has 0 atom stereocenters. The first-order valence-corrected chi connectivity index (χ1v) is 9.74. The topological polar surface area (TPSA) is 149 Å². The molecule has 0 aliphatic carbocycles. The lowest BCUT2D eigenvalue weighted by Gasteiger charge is -2.18. The Morgan fingerprint density at radius 3 is 2.55 bits per heavy atom. The smallest absolute Gasteiger partial charge is 0.413 e. The number of carbonyl (C=O) groups excluding carboxylic acids is 1. The number of benzene rings is 2. The van der Waals surface area contributed by atoms with E-state index < -0.39 is 6.09 Å². The van der Waals surface area contributed by atoms with Crippen molar-refractivity contribution in [3.63, 3.8) is 0 Å². The van der Waals surface area contributed by atoms with Gasteiger partial charge in [0.25, 0.3) is 5.95 Å². The summed E-state index contributed by atoms with van der Waals surface area (Å²) in [6.45, 7) is 0. The second-order valence-electron chi connectivity index (χ2n) is 7.14. The lowest BCUT2D eigenvalue weighted by molar-refractivity contribution is 0.180. The van der Waals surface area contributed by atoms with Crippen LogP contribution in [0.15, 0.2) is 42.5 Å². The molecule has 4 rings (SSSR count). The van der Waals surface area contributed by atoms with E-state index in [2.05, 4.69) is 25.9 Å². The molecule has 2 aromatic carbocycles. The van der Waals surface area contributed by atoms with E-state index in [4.69, 9.17) is 11.5 Å². The maximum Gasteiger partial charge on any atom is 0.413 e. The lowest BCUT2D eigenvalue weighted by Crippen LogP contribution is -2.28. The zero-order chi connectivity index (χ0) is 23.7. The van der Waals surface area contributed by atoms with E-state index in [1.807, 2.05) is 0 Å². The zero-order valence-corrected chi connectivity index (χ0v) is 17.8. The van der Waals surface area contributed by atoms with Crippen molar-refractivity contribution in [2.75, 3.05) is 30.5 Å². The van der Waals surface area contributed by atoms with Crippen molar-refractivity contribution in [3.05, 3.63) is 65.1 Å². The number of halogens is 1. The van der Waals surface area contributed by atoms with E-state index in [0.29, 0.717) is 27.7 Å². The quantitative estimate of drug-likeness (QED) is 0.486. The van der Waals surface area contributed by atoms with Crippen LogP contribution in [0.25, 0.3) is 16.9 Å². The molecule has 11 heteroatoms. The third-order valence-corrected chi connectivity index (χ3v) is 5.10. The molecule has 0 saturated carbocycles. The van der Waals surface area contributed by atoms with Gasteiger partial charge in [-0.2, -0.15) is 25.0 Å². The number of rotatable bonds is 4. The van der Waals surface area contributed by atoms with Gasteiger partial charge in [0.15, 0.2) is 11.6 Å². The van der Waals surface area contributed by atoms with Gasteiger partial charge < -0.3 is 16.2 Å². The van der Waals surface area contributed by atoms with Crippen molar-refractivity contribution < 1.29 is 13.9 Å². The maximum atomic E-state index is 14.3. The number of hydrogen-bond donors (Lipinski definition) is 2. The third-order valence-electron chi connectivity index (χ3n) is 5.10. The molecule has 2 heterocycles. The molecule has 0 aliphatic heterocycles. The van der Waals surface area contributed by atoms with E-state index in [9.17, 15) is 14.4 Å². The largest absolute Gasteiger partial charge is 0.452 e. The first-order chi connectivity index (χ1) is 15.8. The SMILES string of the molecule is COC(=O)N(C)c1c(N)nc(-n2nc(Cc3ccccc3F)c3cc(C#N)ccc32)nc1N. The predicted octanol–water partition coefficient (Wildman–Crippen LogP) is 2.78. The normalized spacial score (nSPS) is 10.7. The number of nitriles is 1. The van der Waals surface area contributed by atoms with Gasteiger partial charge in [-0.05, 0) is 29.8 Å². The van der Waals surface area contributed by atoms with Crippen LogP contribution >= 0.6 is 0 Å². The van der Waals surface area contributed by atoms with Crippen LogP contribution in [0.4, 0.5) is 26.5 Å². The number of ether oxygens (including phenoxy) is 1. The van der Waals surface area contributed by atoms with Gasteiger partial charge in [-0.3, -0.25) is 4.90 Å². The highest BCUT2D eigenvalue weighted by Gasteiger charge is 2.22. The molecule has 0 spiro atoms. The highest BCUT2D eigenvalue weighted by atomic mass is 19.1. The number of aromatic nitrogens is 4. The number of nitrogens with zero attached hydrogens (tertiary/aromatic N) is 6. The molecule has 0 aliphatic rings. The van der Waals surface area contributed by atoms with Crippen molar-refractivity contribution in [2.45, 2.75) is 6.42 Å². The maximum absolute atomic E-state index is 14.3. The molecule has 33 heavy (non-hydrogen) atoms. The Bertz CT molecular complexity index is 1400. The minimum atomic E-state index is -0.689. The van der Waals surface area contributed by atoms with Gasteiger partial charge in [0.05, 0.1) is 30.0 Å². The summed E-state index contributed by atoms with van der Waals surface area (Å²) in [5.74, 6) is -0.421. The van der Waals surface area contributed by atoms with Crippen molar-refractivity contribution in [2.24, 2.45) is 0 Å². The Hall–Kier alpha value is -4.72. The van der Waals surface area contributed by atoms with Crippen molar-refractivity contribution in [1.82, 2.24) is 19.7 Å². The summed E-state index contributed by atoms with van der Waals surface area (Å²) >= 11 is 0. The molecule has 0 bridgehead atoms. The standard InChI is InChI=1S/C22H19FN8O2/c1-30(22(32)33-2)18-19(25)27-21(28-20(18)26)31-17-8-7-12(11-24)9-14(17)16(29-31)10-13-5-3-4-6-15(13)23/h3-9H,10H2,1-2H3,(H4,25,26,27,28). The first-order valence-electron chi connectivity index (χ1n) is 9.74. The fraction of sp³-hybridized carbons (Fsp3) is 0.136. The number of nitrogen functional groups attached to an aromatic ring is 2. The van der Waals surface area contributed by atoms with E-state index in [1.54, 1.807) is 36.4 Å². The molecule has 1 amide bonds. The zero-order valence-electron chi connectivity index (χ0n) is 17.8. The monoisotopic (exact) mass is 446 g/mol. The average molecular weight is 446 g/mol. The number of methoxy groups -OCH3 is 1. The molecule has 0 fully saturated rings. The van der Waals surface area contributed by atoms with Gasteiger partial charge in [0, 0.05) is 18.9 Å². The van der Waals surface area contributed by atoms with Crippen LogP contribution in [0.1, 0.15) is 16.8 Å². The molecule has 2 aromatic heterocycles. The lowest BCUT2D eigenvalue weighted by atomic mass is 10.0. The average Bonchev–Trinajstić information content (AvgIpc) is 3.16. The Morgan fingerprint density at radius 1 is 1.21 bits per heavy atom. The van der Waals surface area contributed by atoms with Gasteiger partial charge in [-0.1, -0.05) is 18.2 Å². The van der Waals surface area contributed by atoms with Crippen LogP contribution in [0.2, 0.25) is 0 Å². The van der Waals surface area contributed by atoms with E-state index in [0.717, 1.165) is 4.90 Å². The Kier molecular flexibility index (Phi) is 5.49. The molecule has 4 N–H and O–H groups in total. The Labute approximate surface area is 187 Å². The number of hydrogen-bond acceptors (Lipinski definition) is 8. The summed E-state index contributed by atoms with van der Waals surface area (Å²) in [7, 11) is 2.65. The van der Waals surface area contributed by atoms with Crippen LogP contribution in [0.5, 0.6) is 0 Å². The summed E-state index contributed by atoms with van der Waals surface area (Å²) in [6, 6.07) is 13.5. The van der Waals surface area contributed by atoms with Crippen LogP contribution < -0.4 is 16.4 Å². The Balaban J connectivity index is 1.87. The van der Waals surface area contributed by atoms with Crippen LogP contribution in [-0.2, 0) is 11.2 Å². The molecule has 0 radical (unpaired) electrons. The molecular weight excluding hydrogens is 427 g/mol. The minimum absolute atomic E-state index is 0.0570. The fourth-order valence-corrected chi connectivity index (χ4v) is 3.50. The number of nitrogens with two attached hydrogens (primary N) is 2. The molecule has 0 saturated heterocycles. The third kappa shape index (κ3) is 3.85. The van der Waals surface area contributed by atoms with Gasteiger partial charge in [0.2, 0.25) is 0 Å². The number of carbonyl (C=O) groups is 1. The second-order valence-corrected chi connectivity index (χ2v) is 7.14. The van der Waals surface area contributed by atoms with E-state index >= 15 is 0 Å². The predicted molar refractivity (Wildman–Crippen MR) is 120 cm³/mol. The fourth-order valence-electron chi connectivity index (χ4n) is 3.50. The number of amides is 1. The van der Waals surface area contributed by atoms with Crippen LogP contribution in [-0.4, -0.2) is 40.0 Å². The van der Waals surface area contributed by atoms with Crippen LogP contribution in [0.3, 0.4) is 0 Å². The summed E-state index contributed by atoms with van der Waals surface area (Å²) in [4.78, 5) is 21.5. The van der Waals surface area contributed by atoms with Gasteiger partial charge in [0.1, 0.15) is 11.5 Å².